The fourth-order valence-electron chi connectivity index (χ4n) is 1.46. The molecule has 0 aromatic carbocycles. The van der Waals surface area contributed by atoms with Gasteiger partial charge in [0.1, 0.15) is 0 Å². The summed E-state index contributed by atoms with van der Waals surface area (Å²) < 4.78 is 26.7. The molecule has 3 nitrogen and oxygen atoms in total. The molecular formula is C7H8BrF2N3S. The van der Waals surface area contributed by atoms with Gasteiger partial charge in [-0.05, 0) is 22.4 Å². The number of hydrogen-bond acceptors (Lipinski definition) is 4. The summed E-state index contributed by atoms with van der Waals surface area (Å²) >= 11 is 4.44. The van der Waals surface area contributed by atoms with Gasteiger partial charge in [-0.3, -0.25) is 0 Å². The van der Waals surface area contributed by atoms with Gasteiger partial charge in [0.05, 0.1) is 6.54 Å². The Bertz CT molecular complexity index is 330. The van der Waals surface area contributed by atoms with Crippen molar-refractivity contribution in [2.75, 3.05) is 18.0 Å². The predicted molar refractivity (Wildman–Crippen MR) is 54.0 cm³/mol. The van der Waals surface area contributed by atoms with Crippen molar-refractivity contribution in [1.82, 2.24) is 10.2 Å². The molecule has 2 rings (SSSR count). The highest BCUT2D eigenvalue weighted by molar-refractivity contribution is 9.11. The molecule has 0 unspecified atom stereocenters. The normalized spacial score (nSPS) is 21.2. The summed E-state index contributed by atoms with van der Waals surface area (Å²) in [6.45, 7) is 0.395. The van der Waals surface area contributed by atoms with Gasteiger partial charge in [0.15, 0.2) is 3.92 Å². The third-order valence-corrected chi connectivity index (χ3v) is 3.47. The van der Waals surface area contributed by atoms with Crippen LogP contribution in [-0.2, 0) is 0 Å². The second kappa shape index (κ2) is 3.69. The van der Waals surface area contributed by atoms with E-state index in [0.29, 0.717) is 22.0 Å². The Hall–Kier alpha value is -0.300. The van der Waals surface area contributed by atoms with Crippen molar-refractivity contribution in [1.29, 1.82) is 0 Å². The molecular weight excluding hydrogens is 276 g/mol. The smallest absolute Gasteiger partial charge is 0.265 e. The van der Waals surface area contributed by atoms with E-state index in [0.717, 1.165) is 0 Å². The first-order valence-electron chi connectivity index (χ1n) is 4.19. The van der Waals surface area contributed by atoms with Crippen LogP contribution in [0.3, 0.4) is 0 Å². The minimum Gasteiger partial charge on any atom is -0.341 e. The molecule has 14 heavy (non-hydrogen) atoms. The molecule has 0 saturated carbocycles. The Balaban J connectivity index is 2.12. The molecule has 0 radical (unpaired) electrons. The van der Waals surface area contributed by atoms with Crippen molar-refractivity contribution >= 4 is 32.4 Å². The van der Waals surface area contributed by atoms with Crippen molar-refractivity contribution in [3.63, 3.8) is 0 Å². The molecule has 1 aliphatic heterocycles. The zero-order chi connectivity index (χ0) is 10.2. The van der Waals surface area contributed by atoms with E-state index in [-0.39, 0.29) is 13.0 Å². The highest BCUT2D eigenvalue weighted by atomic mass is 79.9. The van der Waals surface area contributed by atoms with Crippen LogP contribution >= 0.6 is 27.3 Å². The van der Waals surface area contributed by atoms with Crippen molar-refractivity contribution in [2.24, 2.45) is 0 Å². The first kappa shape index (κ1) is 10.2. The van der Waals surface area contributed by atoms with Gasteiger partial charge in [0.25, 0.3) is 5.92 Å². The molecule has 0 aliphatic carbocycles. The van der Waals surface area contributed by atoms with Crippen LogP contribution < -0.4 is 4.90 Å². The van der Waals surface area contributed by atoms with E-state index in [9.17, 15) is 8.78 Å². The number of anilines is 1. The summed E-state index contributed by atoms with van der Waals surface area (Å²) in [5.74, 6) is -2.59. The maximum absolute atomic E-state index is 13.1. The lowest BCUT2D eigenvalue weighted by Gasteiger charge is -2.31. The number of aromatic nitrogens is 2. The SMILES string of the molecule is FC1(F)CCCN(c2nnc(Br)s2)C1. The van der Waals surface area contributed by atoms with Crippen LogP contribution in [0.1, 0.15) is 12.8 Å². The van der Waals surface area contributed by atoms with Crippen LogP contribution in [0.5, 0.6) is 0 Å². The van der Waals surface area contributed by atoms with E-state index in [1.54, 1.807) is 4.90 Å². The molecule has 7 heteroatoms. The van der Waals surface area contributed by atoms with E-state index in [4.69, 9.17) is 0 Å². The van der Waals surface area contributed by atoms with Crippen molar-refractivity contribution in [3.05, 3.63) is 3.92 Å². The lowest BCUT2D eigenvalue weighted by Crippen LogP contribution is -2.42. The molecule has 1 fully saturated rings. The maximum Gasteiger partial charge on any atom is 0.265 e. The second-order valence-corrected chi connectivity index (χ2v) is 5.45. The average molecular weight is 284 g/mol. The molecule has 78 valence electrons. The highest BCUT2D eigenvalue weighted by Crippen LogP contribution is 2.32. The van der Waals surface area contributed by atoms with Gasteiger partial charge in [-0.2, -0.15) is 0 Å². The van der Waals surface area contributed by atoms with Gasteiger partial charge >= 0.3 is 0 Å². The maximum atomic E-state index is 13.1. The van der Waals surface area contributed by atoms with E-state index >= 15 is 0 Å². The molecule has 0 amide bonds. The number of nitrogens with zero attached hydrogens (tertiary/aromatic N) is 3. The van der Waals surface area contributed by atoms with Crippen LogP contribution in [0.15, 0.2) is 3.92 Å². The minimum atomic E-state index is -2.59. The number of piperidine rings is 1. The van der Waals surface area contributed by atoms with E-state index in [1.165, 1.54) is 11.3 Å². The number of halogens is 3. The average Bonchev–Trinajstić information content (AvgIpc) is 2.50. The summed E-state index contributed by atoms with van der Waals surface area (Å²) in [6, 6.07) is 0. The van der Waals surface area contributed by atoms with Crippen LogP contribution in [0.25, 0.3) is 0 Å². The molecule has 0 bridgehead atoms. The molecule has 1 aromatic heterocycles. The fraction of sp³-hybridized carbons (Fsp3) is 0.714. The van der Waals surface area contributed by atoms with E-state index in [1.807, 2.05) is 0 Å². The van der Waals surface area contributed by atoms with Crippen molar-refractivity contribution in [3.8, 4) is 0 Å². The van der Waals surface area contributed by atoms with Crippen LogP contribution in [-0.4, -0.2) is 29.2 Å². The first-order valence-corrected chi connectivity index (χ1v) is 5.80. The largest absolute Gasteiger partial charge is 0.341 e. The summed E-state index contributed by atoms with van der Waals surface area (Å²) in [4.78, 5) is 1.59. The third-order valence-electron chi connectivity index (χ3n) is 2.05. The number of hydrogen-bond donors (Lipinski definition) is 0. The summed E-state index contributed by atoms with van der Waals surface area (Å²) in [5.41, 5.74) is 0. The Morgan fingerprint density at radius 1 is 1.43 bits per heavy atom. The number of alkyl halides is 2. The molecule has 0 N–H and O–H groups in total. The second-order valence-electron chi connectivity index (χ2n) is 3.22. The monoisotopic (exact) mass is 283 g/mol. The Kier molecular flexibility index (Phi) is 2.70. The first-order chi connectivity index (χ1) is 6.57. The fourth-order valence-corrected chi connectivity index (χ4v) is 2.57. The lowest BCUT2D eigenvalue weighted by molar-refractivity contribution is -0.0117. The topological polar surface area (TPSA) is 29.0 Å². The highest BCUT2D eigenvalue weighted by Gasteiger charge is 2.36. The molecule has 1 aliphatic rings. The van der Waals surface area contributed by atoms with E-state index < -0.39 is 5.92 Å². The van der Waals surface area contributed by atoms with Gasteiger partial charge in [-0.25, -0.2) is 8.78 Å². The van der Waals surface area contributed by atoms with Gasteiger partial charge in [-0.15, -0.1) is 10.2 Å². The Morgan fingerprint density at radius 3 is 2.79 bits per heavy atom. The quantitative estimate of drug-likeness (QED) is 0.793. The predicted octanol–water partition coefficient (Wildman–Crippen LogP) is 2.54. The summed E-state index contributed by atoms with van der Waals surface area (Å²) in [6.07, 6.45) is 0.480. The van der Waals surface area contributed by atoms with Gasteiger partial charge < -0.3 is 4.90 Å². The van der Waals surface area contributed by atoms with Crippen molar-refractivity contribution < 1.29 is 8.78 Å². The standard InChI is InChI=1S/C7H8BrF2N3S/c8-5-11-12-6(14-5)13-3-1-2-7(9,10)4-13/h1-4H2. The zero-order valence-electron chi connectivity index (χ0n) is 7.21. The molecule has 2 heterocycles. The van der Waals surface area contributed by atoms with Gasteiger partial charge in [-0.1, -0.05) is 11.3 Å². The van der Waals surface area contributed by atoms with Crippen molar-refractivity contribution in [2.45, 2.75) is 18.8 Å². The summed E-state index contributed by atoms with van der Waals surface area (Å²) in [5, 5.41) is 8.12. The van der Waals surface area contributed by atoms with Crippen LogP contribution in [0.4, 0.5) is 13.9 Å². The molecule has 0 spiro atoms. The Labute approximate surface area is 92.3 Å². The molecule has 0 atom stereocenters. The summed E-state index contributed by atoms with van der Waals surface area (Å²) in [7, 11) is 0. The minimum absolute atomic E-state index is 0.0243. The zero-order valence-corrected chi connectivity index (χ0v) is 9.61. The Morgan fingerprint density at radius 2 is 2.21 bits per heavy atom. The molecule has 1 aromatic rings. The van der Waals surface area contributed by atoms with Gasteiger partial charge in [0, 0.05) is 13.0 Å². The lowest BCUT2D eigenvalue weighted by atomic mass is 10.1. The van der Waals surface area contributed by atoms with Gasteiger partial charge in [0.2, 0.25) is 5.13 Å². The van der Waals surface area contributed by atoms with Crippen LogP contribution in [0.2, 0.25) is 0 Å². The number of rotatable bonds is 1. The van der Waals surface area contributed by atoms with E-state index in [2.05, 4.69) is 26.1 Å². The third kappa shape index (κ3) is 2.20. The van der Waals surface area contributed by atoms with Crippen LogP contribution in [0, 0.1) is 0 Å². The molecule has 1 saturated heterocycles.